The standard InChI is InChI=1S/C16H19NO2/c18-11-12-6-7-14(10-12)17-15(19)16(8-9-16)13-4-2-1-3-5-13/h1-7,12,14,18H,8-11H2,(H,17,19)/t12-,14+/m0/s1. The maximum atomic E-state index is 12.5. The Morgan fingerprint density at radius 3 is 2.58 bits per heavy atom. The van der Waals surface area contributed by atoms with Crippen LogP contribution in [-0.4, -0.2) is 23.7 Å². The van der Waals surface area contributed by atoms with Gasteiger partial charge in [-0.15, -0.1) is 0 Å². The zero-order valence-electron chi connectivity index (χ0n) is 10.9. The highest BCUT2D eigenvalue weighted by Gasteiger charge is 2.51. The largest absolute Gasteiger partial charge is 0.396 e. The maximum Gasteiger partial charge on any atom is 0.231 e. The number of amides is 1. The third kappa shape index (κ3) is 2.30. The van der Waals surface area contributed by atoms with Gasteiger partial charge in [0.25, 0.3) is 0 Å². The van der Waals surface area contributed by atoms with Gasteiger partial charge in [0.2, 0.25) is 5.91 Å². The molecule has 1 aromatic rings. The fraction of sp³-hybridized carbons (Fsp3) is 0.438. The van der Waals surface area contributed by atoms with Gasteiger partial charge in [-0.25, -0.2) is 0 Å². The summed E-state index contributed by atoms with van der Waals surface area (Å²) in [6.07, 6.45) is 6.67. The van der Waals surface area contributed by atoms with Gasteiger partial charge in [0, 0.05) is 18.6 Å². The Morgan fingerprint density at radius 1 is 1.26 bits per heavy atom. The third-order valence-electron chi connectivity index (χ3n) is 4.23. The van der Waals surface area contributed by atoms with E-state index in [1.807, 2.05) is 42.5 Å². The van der Waals surface area contributed by atoms with Crippen molar-refractivity contribution in [2.24, 2.45) is 5.92 Å². The summed E-state index contributed by atoms with van der Waals surface area (Å²) < 4.78 is 0. The number of carbonyl (C=O) groups excluding carboxylic acids is 1. The topological polar surface area (TPSA) is 49.3 Å². The molecule has 2 N–H and O–H groups in total. The molecular formula is C16H19NO2. The van der Waals surface area contributed by atoms with E-state index >= 15 is 0 Å². The molecule has 0 aliphatic heterocycles. The van der Waals surface area contributed by atoms with Crippen LogP contribution in [0, 0.1) is 5.92 Å². The molecule has 0 bridgehead atoms. The Balaban J connectivity index is 1.67. The molecule has 3 nitrogen and oxygen atoms in total. The minimum Gasteiger partial charge on any atom is -0.396 e. The second-order valence-electron chi connectivity index (χ2n) is 5.59. The molecule has 1 saturated carbocycles. The average molecular weight is 257 g/mol. The second kappa shape index (κ2) is 4.82. The van der Waals surface area contributed by atoms with Gasteiger partial charge in [0.15, 0.2) is 0 Å². The van der Waals surface area contributed by atoms with Crippen LogP contribution in [0.25, 0.3) is 0 Å². The van der Waals surface area contributed by atoms with Crippen molar-refractivity contribution in [1.82, 2.24) is 5.32 Å². The Labute approximate surface area is 113 Å². The molecule has 0 unspecified atom stereocenters. The highest BCUT2D eigenvalue weighted by Crippen LogP contribution is 2.48. The smallest absolute Gasteiger partial charge is 0.231 e. The van der Waals surface area contributed by atoms with Crippen LogP contribution in [0.4, 0.5) is 0 Å². The molecule has 0 aromatic heterocycles. The van der Waals surface area contributed by atoms with E-state index in [0.29, 0.717) is 0 Å². The Hall–Kier alpha value is -1.61. The van der Waals surface area contributed by atoms with Crippen LogP contribution in [0.15, 0.2) is 42.5 Å². The minimum absolute atomic E-state index is 0.0748. The minimum atomic E-state index is -0.299. The molecular weight excluding hydrogens is 238 g/mol. The number of aliphatic hydroxyl groups is 1. The number of hydrogen-bond donors (Lipinski definition) is 2. The van der Waals surface area contributed by atoms with E-state index in [0.717, 1.165) is 24.8 Å². The zero-order valence-corrected chi connectivity index (χ0v) is 10.9. The van der Waals surface area contributed by atoms with Gasteiger partial charge < -0.3 is 10.4 Å². The first-order valence-electron chi connectivity index (χ1n) is 6.90. The summed E-state index contributed by atoms with van der Waals surface area (Å²) in [5.41, 5.74) is 0.819. The average Bonchev–Trinajstić information content (AvgIpc) is 3.15. The lowest BCUT2D eigenvalue weighted by Gasteiger charge is -2.19. The molecule has 0 radical (unpaired) electrons. The molecule has 1 fully saturated rings. The van der Waals surface area contributed by atoms with Gasteiger partial charge in [-0.2, -0.15) is 0 Å². The number of nitrogens with one attached hydrogen (secondary N) is 1. The fourth-order valence-electron chi connectivity index (χ4n) is 2.85. The van der Waals surface area contributed by atoms with E-state index in [4.69, 9.17) is 5.11 Å². The number of hydrogen-bond acceptors (Lipinski definition) is 2. The van der Waals surface area contributed by atoms with Crippen molar-refractivity contribution in [3.63, 3.8) is 0 Å². The van der Waals surface area contributed by atoms with Crippen LogP contribution < -0.4 is 5.32 Å². The van der Waals surface area contributed by atoms with Gasteiger partial charge in [0.1, 0.15) is 0 Å². The fourth-order valence-corrected chi connectivity index (χ4v) is 2.85. The zero-order chi connectivity index (χ0) is 13.3. The predicted octanol–water partition coefficient (Wildman–Crippen LogP) is 1.77. The van der Waals surface area contributed by atoms with E-state index in [-0.39, 0.29) is 29.9 Å². The highest BCUT2D eigenvalue weighted by atomic mass is 16.3. The molecule has 3 rings (SSSR count). The summed E-state index contributed by atoms with van der Waals surface area (Å²) in [4.78, 5) is 12.5. The van der Waals surface area contributed by atoms with Gasteiger partial charge in [0.05, 0.1) is 5.41 Å². The van der Waals surface area contributed by atoms with Crippen molar-refractivity contribution in [2.75, 3.05) is 6.61 Å². The second-order valence-corrected chi connectivity index (χ2v) is 5.59. The predicted molar refractivity (Wildman–Crippen MR) is 73.6 cm³/mol. The lowest BCUT2D eigenvalue weighted by Crippen LogP contribution is -2.40. The van der Waals surface area contributed by atoms with Crippen LogP contribution in [-0.2, 0) is 10.2 Å². The van der Waals surface area contributed by atoms with Crippen molar-refractivity contribution in [3.05, 3.63) is 48.0 Å². The van der Waals surface area contributed by atoms with E-state index in [9.17, 15) is 4.79 Å². The SMILES string of the molecule is O=C(N[C@@H]1C=C[C@H](CO)C1)C1(c2ccccc2)CC1. The molecule has 1 amide bonds. The van der Waals surface area contributed by atoms with E-state index in [1.54, 1.807) is 0 Å². The normalized spacial score (nSPS) is 27.2. The summed E-state index contributed by atoms with van der Waals surface area (Å²) in [5.74, 6) is 0.323. The third-order valence-corrected chi connectivity index (χ3v) is 4.23. The summed E-state index contributed by atoms with van der Waals surface area (Å²) in [7, 11) is 0. The van der Waals surface area contributed by atoms with E-state index in [2.05, 4.69) is 5.32 Å². The molecule has 3 heteroatoms. The molecule has 0 spiro atoms. The first kappa shape index (κ1) is 12.4. The lowest BCUT2D eigenvalue weighted by molar-refractivity contribution is -0.124. The summed E-state index contributed by atoms with van der Waals surface area (Å²) in [6.45, 7) is 0.159. The highest BCUT2D eigenvalue weighted by molar-refractivity contribution is 5.91. The van der Waals surface area contributed by atoms with Crippen molar-refractivity contribution in [1.29, 1.82) is 0 Å². The lowest BCUT2D eigenvalue weighted by atomic mass is 9.94. The molecule has 19 heavy (non-hydrogen) atoms. The van der Waals surface area contributed by atoms with Crippen molar-refractivity contribution in [3.8, 4) is 0 Å². The first-order chi connectivity index (χ1) is 9.24. The number of aliphatic hydroxyl groups excluding tert-OH is 1. The van der Waals surface area contributed by atoms with Gasteiger partial charge >= 0.3 is 0 Å². The van der Waals surface area contributed by atoms with Gasteiger partial charge in [-0.3, -0.25) is 4.79 Å². The maximum absolute atomic E-state index is 12.5. The molecule has 100 valence electrons. The van der Waals surface area contributed by atoms with Crippen LogP contribution in [0.2, 0.25) is 0 Å². The number of rotatable bonds is 4. The quantitative estimate of drug-likeness (QED) is 0.808. The van der Waals surface area contributed by atoms with Crippen LogP contribution in [0.3, 0.4) is 0 Å². The summed E-state index contributed by atoms with van der Waals surface area (Å²) in [6, 6.07) is 10.1. The number of benzene rings is 1. The molecule has 2 atom stereocenters. The first-order valence-corrected chi connectivity index (χ1v) is 6.90. The van der Waals surface area contributed by atoms with Crippen molar-refractivity contribution in [2.45, 2.75) is 30.7 Å². The van der Waals surface area contributed by atoms with Crippen LogP contribution in [0.5, 0.6) is 0 Å². The Kier molecular flexibility index (Phi) is 3.15. The monoisotopic (exact) mass is 257 g/mol. The van der Waals surface area contributed by atoms with Crippen LogP contribution >= 0.6 is 0 Å². The molecule has 2 aliphatic carbocycles. The summed E-state index contributed by atoms with van der Waals surface area (Å²) >= 11 is 0. The van der Waals surface area contributed by atoms with Crippen LogP contribution in [0.1, 0.15) is 24.8 Å². The summed E-state index contributed by atoms with van der Waals surface area (Å²) in [5, 5.41) is 12.2. The Bertz CT molecular complexity index is 491. The Morgan fingerprint density at radius 2 is 2.00 bits per heavy atom. The van der Waals surface area contributed by atoms with Gasteiger partial charge in [-0.05, 0) is 24.8 Å². The molecule has 0 heterocycles. The molecule has 2 aliphatic rings. The number of carbonyl (C=O) groups is 1. The van der Waals surface area contributed by atoms with Gasteiger partial charge in [-0.1, -0.05) is 42.5 Å². The van der Waals surface area contributed by atoms with E-state index in [1.165, 1.54) is 0 Å². The van der Waals surface area contributed by atoms with E-state index < -0.39 is 0 Å². The molecule has 1 aromatic carbocycles. The van der Waals surface area contributed by atoms with Crippen molar-refractivity contribution >= 4 is 5.91 Å². The molecule has 0 saturated heterocycles. The van der Waals surface area contributed by atoms with Crippen molar-refractivity contribution < 1.29 is 9.90 Å².